The van der Waals surface area contributed by atoms with E-state index in [-0.39, 0.29) is 5.09 Å². The second-order valence-corrected chi connectivity index (χ2v) is 5.82. The van der Waals surface area contributed by atoms with Crippen LogP contribution in [0.3, 0.4) is 0 Å². The average molecular weight is 295 g/mol. The highest BCUT2D eigenvalue weighted by molar-refractivity contribution is 7.89. The van der Waals surface area contributed by atoms with Crippen LogP contribution in [0.15, 0.2) is 40.0 Å². The van der Waals surface area contributed by atoms with Crippen LogP contribution in [0.25, 0.3) is 0 Å². The molecule has 0 aliphatic heterocycles. The predicted molar refractivity (Wildman–Crippen MR) is 74.2 cm³/mol. The van der Waals surface area contributed by atoms with E-state index in [9.17, 15) is 8.42 Å². The summed E-state index contributed by atoms with van der Waals surface area (Å²) in [7, 11) is -3.78. The van der Waals surface area contributed by atoms with Gasteiger partial charge in [0, 0.05) is 12.7 Å². The maximum Gasteiger partial charge on any atom is 0.271 e. The number of hydrogen-bond donors (Lipinski definition) is 2. The van der Waals surface area contributed by atoms with Crippen LogP contribution in [0.5, 0.6) is 0 Å². The third-order valence-corrected chi connectivity index (χ3v) is 3.65. The first-order chi connectivity index (χ1) is 9.50. The van der Waals surface area contributed by atoms with E-state index in [1.807, 2.05) is 12.1 Å². The number of rotatable bonds is 6. The van der Waals surface area contributed by atoms with E-state index in [4.69, 9.17) is 9.56 Å². The van der Waals surface area contributed by atoms with Crippen LogP contribution < -0.4 is 10.5 Å². The third-order valence-electron chi connectivity index (χ3n) is 2.87. The predicted octanol–water partition coefficient (Wildman–Crippen LogP) is 1.17. The van der Waals surface area contributed by atoms with Gasteiger partial charge in [-0.25, -0.2) is 13.6 Å². The number of pyridine rings is 1. The van der Waals surface area contributed by atoms with E-state index in [0.29, 0.717) is 18.8 Å². The molecule has 0 saturated carbocycles. The molecule has 6 nitrogen and oxygen atoms in total. The minimum Gasteiger partial charge on any atom is -0.447 e. The number of sulfonamides is 1. The maximum atomic E-state index is 11.1. The number of nitrogens with one attached hydrogen (secondary N) is 1. The summed E-state index contributed by atoms with van der Waals surface area (Å²) in [6.45, 7) is 3.08. The number of aryl methyl sites for hydroxylation is 1. The van der Waals surface area contributed by atoms with Gasteiger partial charge in [-0.3, -0.25) is 4.98 Å². The SMILES string of the molecule is CCc1cccnc1CNCc1ccc(S(N)(=O)=O)o1. The topological polar surface area (TPSA) is 98.2 Å². The summed E-state index contributed by atoms with van der Waals surface area (Å²) in [5.74, 6) is 0.517. The van der Waals surface area contributed by atoms with E-state index in [2.05, 4.69) is 17.2 Å². The van der Waals surface area contributed by atoms with Crippen molar-refractivity contribution in [2.45, 2.75) is 31.5 Å². The van der Waals surface area contributed by atoms with Crippen LogP contribution in [0.2, 0.25) is 0 Å². The molecule has 0 atom stereocenters. The van der Waals surface area contributed by atoms with Gasteiger partial charge < -0.3 is 9.73 Å². The molecule has 2 heterocycles. The van der Waals surface area contributed by atoms with Gasteiger partial charge in [0.05, 0.1) is 12.2 Å². The molecule has 0 unspecified atom stereocenters. The van der Waals surface area contributed by atoms with Gasteiger partial charge in [0.15, 0.2) is 0 Å². The van der Waals surface area contributed by atoms with Gasteiger partial charge in [-0.05, 0) is 30.2 Å². The molecule has 0 saturated heterocycles. The van der Waals surface area contributed by atoms with Gasteiger partial charge >= 0.3 is 0 Å². The van der Waals surface area contributed by atoms with Crippen LogP contribution in [-0.4, -0.2) is 13.4 Å². The van der Waals surface area contributed by atoms with E-state index >= 15 is 0 Å². The van der Waals surface area contributed by atoms with Crippen molar-refractivity contribution in [1.29, 1.82) is 0 Å². The zero-order valence-electron chi connectivity index (χ0n) is 11.2. The van der Waals surface area contributed by atoms with Crippen LogP contribution in [-0.2, 0) is 29.5 Å². The lowest BCUT2D eigenvalue weighted by Crippen LogP contribution is -2.15. The van der Waals surface area contributed by atoms with Gasteiger partial charge in [0.2, 0.25) is 5.09 Å². The fourth-order valence-corrected chi connectivity index (χ4v) is 2.34. The molecule has 2 aromatic heterocycles. The van der Waals surface area contributed by atoms with E-state index in [0.717, 1.165) is 12.1 Å². The second-order valence-electron chi connectivity index (χ2n) is 4.33. The summed E-state index contributed by atoms with van der Waals surface area (Å²) in [6.07, 6.45) is 2.67. The summed E-state index contributed by atoms with van der Waals surface area (Å²) >= 11 is 0. The van der Waals surface area contributed by atoms with Crippen molar-refractivity contribution in [3.8, 4) is 0 Å². The molecule has 3 N–H and O–H groups in total. The van der Waals surface area contributed by atoms with Crippen molar-refractivity contribution < 1.29 is 12.8 Å². The Morgan fingerprint density at radius 1 is 1.30 bits per heavy atom. The molecule has 0 amide bonds. The van der Waals surface area contributed by atoms with Gasteiger partial charge in [0.25, 0.3) is 10.0 Å². The Hall–Kier alpha value is -1.70. The van der Waals surface area contributed by atoms with Crippen molar-refractivity contribution in [2.24, 2.45) is 5.14 Å². The van der Waals surface area contributed by atoms with Gasteiger partial charge in [-0.2, -0.15) is 0 Å². The molecular formula is C13H17N3O3S. The summed E-state index contributed by atoms with van der Waals surface area (Å²) in [6, 6.07) is 6.89. The number of furan rings is 1. The molecule has 2 aromatic rings. The van der Waals surface area contributed by atoms with Crippen molar-refractivity contribution in [3.63, 3.8) is 0 Å². The van der Waals surface area contributed by atoms with Crippen molar-refractivity contribution in [1.82, 2.24) is 10.3 Å². The number of aromatic nitrogens is 1. The molecule has 0 fully saturated rings. The lowest BCUT2D eigenvalue weighted by molar-refractivity contribution is 0.401. The Morgan fingerprint density at radius 3 is 2.75 bits per heavy atom. The molecule has 0 aliphatic rings. The Kier molecular flexibility index (Phi) is 4.53. The second kappa shape index (κ2) is 6.17. The van der Waals surface area contributed by atoms with Gasteiger partial charge in [0.1, 0.15) is 5.76 Å². The van der Waals surface area contributed by atoms with Gasteiger partial charge in [-0.15, -0.1) is 0 Å². The highest BCUT2D eigenvalue weighted by atomic mass is 32.2. The molecule has 7 heteroatoms. The fourth-order valence-electron chi connectivity index (χ4n) is 1.86. The highest BCUT2D eigenvalue weighted by Gasteiger charge is 2.13. The third kappa shape index (κ3) is 3.66. The molecule has 108 valence electrons. The minimum atomic E-state index is -3.78. The van der Waals surface area contributed by atoms with E-state index < -0.39 is 10.0 Å². The number of nitrogens with zero attached hydrogens (tertiary/aromatic N) is 1. The molecule has 0 aromatic carbocycles. The van der Waals surface area contributed by atoms with Gasteiger partial charge in [-0.1, -0.05) is 13.0 Å². The summed E-state index contributed by atoms with van der Waals surface area (Å²) in [5, 5.41) is 7.92. The summed E-state index contributed by atoms with van der Waals surface area (Å²) < 4.78 is 27.3. The zero-order valence-corrected chi connectivity index (χ0v) is 12.0. The molecule has 20 heavy (non-hydrogen) atoms. The smallest absolute Gasteiger partial charge is 0.271 e. The Balaban J connectivity index is 1.95. The standard InChI is InChI=1S/C13H17N3O3S/c1-2-10-4-3-7-16-12(10)9-15-8-11-5-6-13(19-11)20(14,17)18/h3-7,15H,2,8-9H2,1H3,(H2,14,17,18). The number of nitrogens with two attached hydrogens (primary N) is 1. The van der Waals surface area contributed by atoms with Crippen LogP contribution in [0.1, 0.15) is 23.9 Å². The first-order valence-electron chi connectivity index (χ1n) is 6.25. The normalized spacial score (nSPS) is 11.7. The average Bonchev–Trinajstić information content (AvgIpc) is 2.88. The highest BCUT2D eigenvalue weighted by Crippen LogP contribution is 2.12. The lowest BCUT2D eigenvalue weighted by Gasteiger charge is -2.06. The molecule has 0 aliphatic carbocycles. The molecule has 0 radical (unpaired) electrons. The monoisotopic (exact) mass is 295 g/mol. The number of hydrogen-bond acceptors (Lipinski definition) is 5. The quantitative estimate of drug-likeness (QED) is 0.833. The lowest BCUT2D eigenvalue weighted by atomic mass is 10.1. The van der Waals surface area contributed by atoms with Crippen LogP contribution in [0, 0.1) is 0 Å². The maximum absolute atomic E-state index is 11.1. The van der Waals surface area contributed by atoms with Crippen molar-refractivity contribution in [3.05, 3.63) is 47.5 Å². The summed E-state index contributed by atoms with van der Waals surface area (Å²) in [4.78, 5) is 4.32. The first kappa shape index (κ1) is 14.7. The van der Waals surface area contributed by atoms with Crippen molar-refractivity contribution >= 4 is 10.0 Å². The van der Waals surface area contributed by atoms with E-state index in [1.54, 1.807) is 12.3 Å². The Bertz CT molecular complexity index is 680. The minimum absolute atomic E-state index is 0.221. The molecule has 2 rings (SSSR count). The Labute approximate surface area is 118 Å². The molecular weight excluding hydrogens is 278 g/mol. The largest absolute Gasteiger partial charge is 0.447 e. The number of primary sulfonamides is 1. The molecule has 0 spiro atoms. The molecule has 0 bridgehead atoms. The van der Waals surface area contributed by atoms with E-state index in [1.165, 1.54) is 11.6 Å². The Morgan fingerprint density at radius 2 is 2.10 bits per heavy atom. The first-order valence-corrected chi connectivity index (χ1v) is 7.80. The summed E-state index contributed by atoms with van der Waals surface area (Å²) in [5.41, 5.74) is 2.16. The zero-order chi connectivity index (χ0) is 14.6. The van der Waals surface area contributed by atoms with Crippen LogP contribution >= 0.6 is 0 Å². The van der Waals surface area contributed by atoms with Crippen molar-refractivity contribution in [2.75, 3.05) is 0 Å². The van der Waals surface area contributed by atoms with Crippen LogP contribution in [0.4, 0.5) is 0 Å². The fraction of sp³-hybridized carbons (Fsp3) is 0.308.